The molecular weight excluding hydrogens is 493 g/mol. The number of imidazole rings is 1. The average Bonchev–Trinajstić information content (AvgIpc) is 2.95. The number of carbonyl (C=O) groups is 2. The van der Waals surface area contributed by atoms with Gasteiger partial charge in [0.2, 0.25) is 0 Å². The zero-order chi connectivity index (χ0) is 22.0. The smallest absolute Gasteiger partial charge is 0.410 e. The van der Waals surface area contributed by atoms with Crippen LogP contribution in [0.15, 0.2) is 18.3 Å². The highest BCUT2D eigenvalue weighted by molar-refractivity contribution is 14.1. The minimum atomic E-state index is -0.494. The largest absolute Gasteiger partial charge is 0.444 e. The van der Waals surface area contributed by atoms with E-state index in [-0.39, 0.29) is 29.3 Å². The van der Waals surface area contributed by atoms with Crippen LogP contribution in [0.3, 0.4) is 0 Å². The molecule has 1 aliphatic carbocycles. The highest BCUT2D eigenvalue weighted by Gasteiger charge is 2.60. The number of halogens is 1. The van der Waals surface area contributed by atoms with Crippen molar-refractivity contribution in [3.63, 3.8) is 0 Å². The first-order valence-electron chi connectivity index (χ1n) is 10.5. The Kier molecular flexibility index (Phi) is 5.19. The third-order valence-corrected chi connectivity index (χ3v) is 7.01. The highest BCUT2D eigenvalue weighted by Crippen LogP contribution is 2.53. The first-order chi connectivity index (χ1) is 13.9. The molecule has 1 saturated heterocycles. The number of aryl methyl sites for hydroxylation is 1. The van der Waals surface area contributed by atoms with Crippen molar-refractivity contribution in [1.82, 2.24) is 14.3 Å². The minimum absolute atomic E-state index is 0.0648. The molecule has 2 aromatic heterocycles. The van der Waals surface area contributed by atoms with Crippen molar-refractivity contribution in [2.75, 3.05) is 13.1 Å². The number of pyridine rings is 1. The average molecular weight is 523 g/mol. The fourth-order valence-electron chi connectivity index (χ4n) is 4.84. The van der Waals surface area contributed by atoms with E-state index in [0.717, 1.165) is 15.0 Å². The Bertz CT molecular complexity index is 1010. The van der Waals surface area contributed by atoms with Crippen molar-refractivity contribution in [2.45, 2.75) is 59.0 Å². The summed E-state index contributed by atoms with van der Waals surface area (Å²) in [6, 6.07) is 4.11. The van der Waals surface area contributed by atoms with Crippen LogP contribution < -0.4 is 0 Å². The van der Waals surface area contributed by atoms with Gasteiger partial charge in [0.25, 0.3) is 0 Å². The summed E-state index contributed by atoms with van der Waals surface area (Å²) in [6.07, 6.45) is 2.22. The maximum atomic E-state index is 13.1. The number of piperidine rings is 1. The molecular formula is C23H30IN3O3. The van der Waals surface area contributed by atoms with E-state index in [1.807, 2.05) is 33.0 Å². The zero-order valence-electron chi connectivity index (χ0n) is 18.5. The lowest BCUT2D eigenvalue weighted by Gasteiger charge is -2.26. The van der Waals surface area contributed by atoms with E-state index in [0.29, 0.717) is 25.3 Å². The third-order valence-electron chi connectivity index (χ3n) is 6.26. The monoisotopic (exact) mass is 523 g/mol. The number of rotatable bonds is 4. The number of ether oxygens (including phenoxy) is 1. The van der Waals surface area contributed by atoms with E-state index in [1.54, 1.807) is 4.90 Å². The first kappa shape index (κ1) is 21.6. The van der Waals surface area contributed by atoms with Gasteiger partial charge in [-0.25, -0.2) is 9.78 Å². The van der Waals surface area contributed by atoms with Crippen LogP contribution in [-0.4, -0.2) is 44.9 Å². The second kappa shape index (κ2) is 7.21. The van der Waals surface area contributed by atoms with Crippen LogP contribution in [0.25, 0.3) is 5.52 Å². The normalized spacial score (nSPS) is 23.6. The zero-order valence-corrected chi connectivity index (χ0v) is 20.7. The molecule has 1 amide bonds. The molecule has 1 unspecified atom stereocenters. The summed E-state index contributed by atoms with van der Waals surface area (Å²) in [7, 11) is 0. The van der Waals surface area contributed by atoms with Gasteiger partial charge in [-0.1, -0.05) is 19.9 Å². The molecule has 0 spiro atoms. The third kappa shape index (κ3) is 3.85. The van der Waals surface area contributed by atoms with Crippen LogP contribution in [0.2, 0.25) is 0 Å². The Morgan fingerprint density at radius 3 is 2.43 bits per heavy atom. The van der Waals surface area contributed by atoms with Crippen LogP contribution in [-0.2, 0) is 14.9 Å². The maximum Gasteiger partial charge on any atom is 0.410 e. The topological polar surface area (TPSA) is 63.9 Å². The molecule has 7 heteroatoms. The number of amides is 1. The van der Waals surface area contributed by atoms with Gasteiger partial charge in [0, 0.05) is 37.0 Å². The summed E-state index contributed by atoms with van der Waals surface area (Å²) in [6.45, 7) is 13.2. The molecule has 0 bridgehead atoms. The van der Waals surface area contributed by atoms with Crippen LogP contribution in [0.5, 0.6) is 0 Å². The van der Waals surface area contributed by atoms with Crippen LogP contribution in [0.4, 0.5) is 4.79 Å². The van der Waals surface area contributed by atoms with E-state index in [1.165, 1.54) is 5.56 Å². The van der Waals surface area contributed by atoms with Crippen molar-refractivity contribution in [3.05, 3.63) is 33.4 Å². The van der Waals surface area contributed by atoms with Crippen molar-refractivity contribution < 1.29 is 14.3 Å². The lowest BCUT2D eigenvalue weighted by Crippen LogP contribution is -2.38. The molecule has 3 heterocycles. The molecule has 30 heavy (non-hydrogen) atoms. The highest BCUT2D eigenvalue weighted by atomic mass is 127. The number of carbonyl (C=O) groups excluding carboxylic acids is 2. The summed E-state index contributed by atoms with van der Waals surface area (Å²) in [5.41, 5.74) is 1.44. The lowest BCUT2D eigenvalue weighted by molar-refractivity contribution is -0.122. The minimum Gasteiger partial charge on any atom is -0.444 e. The predicted octanol–water partition coefficient (Wildman–Crippen LogP) is 4.60. The van der Waals surface area contributed by atoms with Gasteiger partial charge in [0.15, 0.2) is 0 Å². The number of likely N-dealkylation sites (tertiary alicyclic amines) is 1. The summed E-state index contributed by atoms with van der Waals surface area (Å²) in [5.74, 6) is 1.84. The van der Waals surface area contributed by atoms with E-state index >= 15 is 0 Å². The quantitative estimate of drug-likeness (QED) is 0.550. The number of hydrogen-bond acceptors (Lipinski definition) is 4. The number of ketones is 1. The summed E-state index contributed by atoms with van der Waals surface area (Å²) in [4.78, 5) is 32.0. The summed E-state index contributed by atoms with van der Waals surface area (Å²) >= 11 is 2.28. The molecule has 162 valence electrons. The number of aromatic nitrogens is 2. The van der Waals surface area contributed by atoms with Gasteiger partial charge >= 0.3 is 6.09 Å². The molecule has 0 aromatic carbocycles. The molecule has 1 aliphatic heterocycles. The van der Waals surface area contributed by atoms with Crippen LogP contribution >= 0.6 is 22.6 Å². The second-order valence-corrected chi connectivity index (χ2v) is 11.4. The predicted molar refractivity (Wildman–Crippen MR) is 124 cm³/mol. The molecule has 2 aromatic rings. The van der Waals surface area contributed by atoms with Crippen molar-refractivity contribution >= 4 is 40.0 Å². The summed E-state index contributed by atoms with van der Waals surface area (Å²) in [5, 5.41) is 0. The van der Waals surface area contributed by atoms with Crippen molar-refractivity contribution in [1.29, 1.82) is 0 Å². The Labute approximate surface area is 191 Å². The van der Waals surface area contributed by atoms with Crippen molar-refractivity contribution in [2.24, 2.45) is 17.8 Å². The fourth-order valence-corrected chi connectivity index (χ4v) is 5.76. The van der Waals surface area contributed by atoms with E-state index in [9.17, 15) is 9.59 Å². The van der Waals surface area contributed by atoms with Gasteiger partial charge in [-0.3, -0.25) is 4.79 Å². The van der Waals surface area contributed by atoms with Gasteiger partial charge in [0.1, 0.15) is 20.9 Å². The molecule has 1 saturated carbocycles. The van der Waals surface area contributed by atoms with Gasteiger partial charge in [-0.2, -0.15) is 0 Å². The second-order valence-electron chi connectivity index (χ2n) is 10.4. The molecule has 2 fully saturated rings. The SMILES string of the molecule is Cc1cccn2c(C(C)(C)CC(=O)C3[C@H]4CN(C(=O)OC(C)(C)C)C[C@@H]34)nc(I)c12. The Balaban J connectivity index is 1.43. The molecule has 4 rings (SSSR count). The Morgan fingerprint density at radius 2 is 1.83 bits per heavy atom. The van der Waals surface area contributed by atoms with Gasteiger partial charge in [-0.15, -0.1) is 0 Å². The van der Waals surface area contributed by atoms with E-state index < -0.39 is 5.60 Å². The Hall–Kier alpha value is -1.64. The van der Waals surface area contributed by atoms with Gasteiger partial charge < -0.3 is 14.0 Å². The summed E-state index contributed by atoms with van der Waals surface area (Å²) < 4.78 is 8.57. The lowest BCUT2D eigenvalue weighted by atomic mass is 9.84. The van der Waals surface area contributed by atoms with Gasteiger partial charge in [0.05, 0.1) is 5.52 Å². The molecule has 3 atom stereocenters. The van der Waals surface area contributed by atoms with Crippen LogP contribution in [0, 0.1) is 28.4 Å². The number of hydrogen-bond donors (Lipinski definition) is 0. The molecule has 6 nitrogen and oxygen atoms in total. The number of Topliss-reactive ketones (excluding diaryl/α,β-unsaturated/α-hetero) is 1. The fraction of sp³-hybridized carbons (Fsp3) is 0.609. The maximum absolute atomic E-state index is 13.1. The van der Waals surface area contributed by atoms with Crippen molar-refractivity contribution in [3.8, 4) is 0 Å². The van der Waals surface area contributed by atoms with Gasteiger partial charge in [-0.05, 0) is 73.8 Å². The molecule has 0 radical (unpaired) electrons. The standard InChI is InChI=1S/C23H30IN3O3/c1-13-8-7-9-27-18(13)19(24)25-20(27)23(5,6)10-16(28)17-14-11-26(12-15(14)17)21(29)30-22(2,3)4/h7-9,14-15,17H,10-12H2,1-6H3/t14-,15+,17?. The molecule has 2 aliphatic rings. The van der Waals surface area contributed by atoms with E-state index in [4.69, 9.17) is 9.72 Å². The van der Waals surface area contributed by atoms with E-state index in [2.05, 4.69) is 53.8 Å². The Morgan fingerprint density at radius 1 is 1.20 bits per heavy atom. The van der Waals surface area contributed by atoms with Crippen LogP contribution in [0.1, 0.15) is 52.4 Å². The first-order valence-corrected chi connectivity index (χ1v) is 11.6. The molecule has 0 N–H and O–H groups in total. The number of fused-ring (bicyclic) bond motifs is 2. The number of nitrogens with zero attached hydrogens (tertiary/aromatic N) is 3.